The molecule has 2 heteroatoms. The number of unbranched alkanes of at least 4 members (excludes halogenated alkanes) is 2. The van der Waals surface area contributed by atoms with Gasteiger partial charge >= 0.3 is 0 Å². The summed E-state index contributed by atoms with van der Waals surface area (Å²) in [6.45, 7) is 5.24. The largest absolute Gasteiger partial charge is 0.330 e. The van der Waals surface area contributed by atoms with Crippen molar-refractivity contribution in [1.82, 2.24) is 0 Å². The van der Waals surface area contributed by atoms with E-state index in [2.05, 4.69) is 19.5 Å². The monoisotopic (exact) mass is 171 g/mol. The molecule has 0 heterocycles. The highest BCUT2D eigenvalue weighted by molar-refractivity contribution is 6.42. The highest BCUT2D eigenvalue weighted by Gasteiger charge is 1.87. The molecule has 0 aromatic rings. The highest BCUT2D eigenvalue weighted by Crippen LogP contribution is 1.99. The average Bonchev–Trinajstić information content (AvgIpc) is 1.96. The van der Waals surface area contributed by atoms with Crippen LogP contribution < -0.4 is 5.73 Å². The van der Waals surface area contributed by atoms with Crippen LogP contribution in [-0.4, -0.2) is 16.1 Å². The maximum atomic E-state index is 5.39. The summed E-state index contributed by atoms with van der Waals surface area (Å²) in [5, 5.41) is 0. The topological polar surface area (TPSA) is 26.0 Å². The lowest BCUT2D eigenvalue weighted by Crippen LogP contribution is -1.98. The van der Waals surface area contributed by atoms with Crippen molar-refractivity contribution >= 4 is 9.52 Å². The molecule has 0 unspecified atom stereocenters. The maximum Gasteiger partial charge on any atom is 0.0453 e. The van der Waals surface area contributed by atoms with Crippen LogP contribution in [0.25, 0.3) is 0 Å². The minimum Gasteiger partial charge on any atom is -0.330 e. The van der Waals surface area contributed by atoms with Crippen LogP contribution in [0.1, 0.15) is 33.1 Å². The van der Waals surface area contributed by atoms with Crippen molar-refractivity contribution in [1.29, 1.82) is 0 Å². The summed E-state index contributed by atoms with van der Waals surface area (Å²) in [6, 6.07) is 1.46. The zero-order valence-electron chi connectivity index (χ0n) is 7.90. The van der Waals surface area contributed by atoms with Crippen LogP contribution in [0.2, 0.25) is 6.04 Å². The molecule has 0 radical (unpaired) electrons. The summed E-state index contributed by atoms with van der Waals surface area (Å²) >= 11 is 0. The zero-order chi connectivity index (χ0) is 8.53. The zero-order valence-corrected chi connectivity index (χ0v) is 9.31. The molecule has 0 rings (SSSR count). The lowest BCUT2D eigenvalue weighted by Gasteiger charge is -1.95. The Morgan fingerprint density at radius 1 is 1.27 bits per heavy atom. The third-order valence-corrected chi connectivity index (χ3v) is 3.72. The molecule has 0 amide bonds. The summed E-state index contributed by atoms with van der Waals surface area (Å²) in [5.74, 6) is 0. The molecule has 0 spiro atoms. The molecule has 0 fully saturated rings. The first-order chi connectivity index (χ1) is 5.27. The predicted molar refractivity (Wildman–Crippen MR) is 55.7 cm³/mol. The van der Waals surface area contributed by atoms with E-state index >= 15 is 0 Å². The van der Waals surface area contributed by atoms with E-state index < -0.39 is 0 Å². The van der Waals surface area contributed by atoms with Crippen LogP contribution in [0.3, 0.4) is 0 Å². The number of hydrogen-bond acceptors (Lipinski definition) is 1. The number of hydrogen-bond donors (Lipinski definition) is 1. The van der Waals surface area contributed by atoms with E-state index in [1.54, 1.807) is 0 Å². The minimum atomic E-state index is 0.133. The van der Waals surface area contributed by atoms with Gasteiger partial charge in [0, 0.05) is 9.52 Å². The first kappa shape index (κ1) is 10.9. The van der Waals surface area contributed by atoms with Crippen molar-refractivity contribution in [3.8, 4) is 0 Å². The van der Waals surface area contributed by atoms with Gasteiger partial charge in [-0.15, -0.1) is 5.70 Å². The van der Waals surface area contributed by atoms with Crippen molar-refractivity contribution in [2.45, 2.75) is 39.2 Å². The first-order valence-electron chi connectivity index (χ1n) is 4.61. The number of nitrogens with two attached hydrogens (primary N) is 1. The van der Waals surface area contributed by atoms with E-state index in [4.69, 9.17) is 5.73 Å². The van der Waals surface area contributed by atoms with Gasteiger partial charge in [0.15, 0.2) is 0 Å². The lowest BCUT2D eigenvalue weighted by molar-refractivity contribution is 0.726. The summed E-state index contributed by atoms with van der Waals surface area (Å²) < 4.78 is 0. The van der Waals surface area contributed by atoms with Gasteiger partial charge < -0.3 is 5.73 Å². The number of allylic oxidation sites excluding steroid dienone is 1. The molecular weight excluding hydrogens is 150 g/mol. The molecule has 0 saturated heterocycles. The molecule has 0 atom stereocenters. The maximum absolute atomic E-state index is 5.39. The van der Waals surface area contributed by atoms with E-state index in [0.717, 1.165) is 6.54 Å². The Balaban J connectivity index is 2.97. The van der Waals surface area contributed by atoms with E-state index in [9.17, 15) is 0 Å². The SMILES string of the molecule is CC(C)=C[SiH2]CCCCCN. The van der Waals surface area contributed by atoms with Crippen LogP contribution in [0.15, 0.2) is 11.3 Å². The molecule has 0 aliphatic rings. The standard InChI is InChI=1S/C9H21NSi/c1-9(2)8-11-7-5-3-4-6-10/h8H,3-7,10-11H2,1-2H3. The Labute approximate surface area is 72.9 Å². The molecule has 0 saturated carbocycles. The van der Waals surface area contributed by atoms with Crippen molar-refractivity contribution in [3.63, 3.8) is 0 Å². The first-order valence-corrected chi connectivity index (χ1v) is 6.42. The van der Waals surface area contributed by atoms with E-state index in [-0.39, 0.29) is 9.52 Å². The summed E-state index contributed by atoms with van der Waals surface area (Å²) in [6.07, 6.45) is 3.94. The molecular formula is C9H21NSi. The van der Waals surface area contributed by atoms with E-state index in [1.165, 1.54) is 30.9 Å². The third-order valence-electron chi connectivity index (χ3n) is 1.71. The van der Waals surface area contributed by atoms with Gasteiger partial charge in [0.1, 0.15) is 0 Å². The molecule has 0 aromatic carbocycles. The molecule has 0 aliphatic carbocycles. The smallest absolute Gasteiger partial charge is 0.0453 e. The Hall–Kier alpha value is -0.0831. The van der Waals surface area contributed by atoms with Crippen LogP contribution in [0.4, 0.5) is 0 Å². The van der Waals surface area contributed by atoms with Gasteiger partial charge in [0.2, 0.25) is 0 Å². The minimum absolute atomic E-state index is 0.133. The van der Waals surface area contributed by atoms with Crippen molar-refractivity contribution < 1.29 is 0 Å². The van der Waals surface area contributed by atoms with E-state index in [0.29, 0.717) is 0 Å². The molecule has 0 bridgehead atoms. The second-order valence-corrected chi connectivity index (χ2v) is 4.97. The van der Waals surface area contributed by atoms with Gasteiger partial charge in [-0.05, 0) is 26.8 Å². The predicted octanol–water partition coefficient (Wildman–Crippen LogP) is 1.63. The van der Waals surface area contributed by atoms with Gasteiger partial charge in [-0.3, -0.25) is 0 Å². The average molecular weight is 171 g/mol. The summed E-state index contributed by atoms with van der Waals surface area (Å²) in [5.41, 5.74) is 9.33. The van der Waals surface area contributed by atoms with Gasteiger partial charge in [-0.1, -0.05) is 24.5 Å². The summed E-state index contributed by atoms with van der Waals surface area (Å²) in [7, 11) is 0.133. The third kappa shape index (κ3) is 9.92. The van der Waals surface area contributed by atoms with Crippen molar-refractivity contribution in [2.24, 2.45) is 5.73 Å². The Kier molecular flexibility index (Phi) is 7.96. The molecule has 2 N–H and O–H groups in total. The summed E-state index contributed by atoms with van der Waals surface area (Å²) in [4.78, 5) is 0. The van der Waals surface area contributed by atoms with Crippen LogP contribution >= 0.6 is 0 Å². The van der Waals surface area contributed by atoms with Crippen LogP contribution in [0.5, 0.6) is 0 Å². The fourth-order valence-corrected chi connectivity index (χ4v) is 2.46. The molecule has 0 aliphatic heterocycles. The normalized spacial score (nSPS) is 10.8. The Morgan fingerprint density at radius 3 is 2.55 bits per heavy atom. The quantitative estimate of drug-likeness (QED) is 0.477. The molecule has 1 nitrogen and oxygen atoms in total. The second-order valence-electron chi connectivity index (χ2n) is 3.27. The van der Waals surface area contributed by atoms with Crippen LogP contribution in [0, 0.1) is 0 Å². The van der Waals surface area contributed by atoms with Gasteiger partial charge in [-0.25, -0.2) is 0 Å². The molecule has 0 aromatic heterocycles. The fraction of sp³-hybridized carbons (Fsp3) is 0.778. The Morgan fingerprint density at radius 2 is 2.00 bits per heavy atom. The Bertz CT molecular complexity index is 106. The van der Waals surface area contributed by atoms with Gasteiger partial charge in [0.25, 0.3) is 0 Å². The van der Waals surface area contributed by atoms with E-state index in [1.807, 2.05) is 0 Å². The van der Waals surface area contributed by atoms with Crippen molar-refractivity contribution in [2.75, 3.05) is 6.54 Å². The fourth-order valence-electron chi connectivity index (χ4n) is 1.03. The number of rotatable bonds is 6. The second kappa shape index (κ2) is 8.02. The van der Waals surface area contributed by atoms with Gasteiger partial charge in [0.05, 0.1) is 0 Å². The highest BCUT2D eigenvalue weighted by atomic mass is 28.2. The molecule has 66 valence electrons. The molecule has 11 heavy (non-hydrogen) atoms. The van der Waals surface area contributed by atoms with Crippen LogP contribution in [-0.2, 0) is 0 Å². The lowest BCUT2D eigenvalue weighted by atomic mass is 10.2. The van der Waals surface area contributed by atoms with Gasteiger partial charge in [-0.2, -0.15) is 0 Å². The van der Waals surface area contributed by atoms with Crippen molar-refractivity contribution in [3.05, 3.63) is 11.3 Å².